The molecule has 144 valence electrons. The Labute approximate surface area is 153 Å². The third-order valence-corrected chi connectivity index (χ3v) is 6.22. The van der Waals surface area contributed by atoms with Gasteiger partial charge in [0.1, 0.15) is 6.54 Å². The van der Waals surface area contributed by atoms with Crippen LogP contribution in [0.5, 0.6) is 0 Å². The molecule has 0 aliphatic rings. The fourth-order valence-corrected chi connectivity index (χ4v) is 3.62. The van der Waals surface area contributed by atoms with Crippen molar-refractivity contribution in [2.24, 2.45) is 0 Å². The quantitative estimate of drug-likeness (QED) is 0.773. The number of benzene rings is 1. The highest BCUT2D eigenvalue weighted by Gasteiger charge is 2.21. The lowest BCUT2D eigenvalue weighted by Gasteiger charge is -2.13. The van der Waals surface area contributed by atoms with E-state index in [4.69, 9.17) is 0 Å². The molecule has 0 radical (unpaired) electrons. The average molecular weight is 382 g/mol. The van der Waals surface area contributed by atoms with Crippen LogP contribution in [0.1, 0.15) is 27.2 Å². The summed E-state index contributed by atoms with van der Waals surface area (Å²) in [5.74, 6) is -0.280. The Hall–Kier alpha value is -2.13. The maximum Gasteiger partial charge on any atom is 0.329 e. The first kappa shape index (κ1) is 20.2. The maximum atomic E-state index is 12.7. The van der Waals surface area contributed by atoms with Gasteiger partial charge in [-0.15, -0.1) is 0 Å². The molecule has 8 nitrogen and oxygen atoms in total. The number of hydrogen-bond donors (Lipinski definition) is 1. The van der Waals surface area contributed by atoms with E-state index in [1.54, 1.807) is 6.07 Å². The number of hydrogen-bond acceptors (Lipinski definition) is 4. The minimum absolute atomic E-state index is 0.00223. The molecule has 0 fully saturated rings. The number of aromatic nitrogens is 2. The molecule has 1 atom stereocenters. The molecular formula is C17H26N4O4S. The highest BCUT2D eigenvalue weighted by atomic mass is 32.2. The Morgan fingerprint density at radius 1 is 1.19 bits per heavy atom. The first-order chi connectivity index (χ1) is 12.1. The topological polar surface area (TPSA) is 93.4 Å². The molecule has 0 spiro atoms. The summed E-state index contributed by atoms with van der Waals surface area (Å²) in [6.07, 6.45) is 0.780. The first-order valence-corrected chi connectivity index (χ1v) is 10.0. The molecular weight excluding hydrogens is 356 g/mol. The van der Waals surface area contributed by atoms with Crippen molar-refractivity contribution in [3.63, 3.8) is 0 Å². The number of fused-ring (bicyclic) bond motifs is 1. The van der Waals surface area contributed by atoms with Gasteiger partial charge in [-0.25, -0.2) is 17.5 Å². The van der Waals surface area contributed by atoms with Gasteiger partial charge in [-0.05, 0) is 38.5 Å². The second-order valence-corrected chi connectivity index (χ2v) is 8.58. The molecule has 0 aliphatic carbocycles. The van der Waals surface area contributed by atoms with Gasteiger partial charge in [-0.1, -0.05) is 6.92 Å². The van der Waals surface area contributed by atoms with Crippen molar-refractivity contribution in [2.45, 2.75) is 51.2 Å². The van der Waals surface area contributed by atoms with Crippen LogP contribution < -0.4 is 11.0 Å². The monoisotopic (exact) mass is 382 g/mol. The highest BCUT2D eigenvalue weighted by molar-refractivity contribution is 7.89. The standard InChI is InChI=1S/C17H26N4O4S/c1-6-12(3)18-16(22)11-21-15-10-13(26(24,25)19(4)5)8-9-14(15)20(7-2)17(21)23/h8-10,12H,6-7,11H2,1-5H3,(H,18,22)/t12-/m0/s1. The summed E-state index contributed by atoms with van der Waals surface area (Å²) < 4.78 is 28.8. The summed E-state index contributed by atoms with van der Waals surface area (Å²) in [4.78, 5) is 25.0. The summed E-state index contributed by atoms with van der Waals surface area (Å²) in [5, 5.41) is 2.83. The van der Waals surface area contributed by atoms with Crippen molar-refractivity contribution < 1.29 is 13.2 Å². The molecule has 1 amide bonds. The van der Waals surface area contributed by atoms with Crippen molar-refractivity contribution in [1.29, 1.82) is 0 Å². The molecule has 2 rings (SSSR count). The lowest BCUT2D eigenvalue weighted by molar-refractivity contribution is -0.122. The van der Waals surface area contributed by atoms with Crippen LogP contribution in [-0.2, 0) is 27.9 Å². The zero-order valence-electron chi connectivity index (χ0n) is 15.8. The minimum Gasteiger partial charge on any atom is -0.352 e. The smallest absolute Gasteiger partial charge is 0.329 e. The van der Waals surface area contributed by atoms with Crippen LogP contribution in [0.15, 0.2) is 27.9 Å². The Kier molecular flexibility index (Phi) is 5.92. The number of amides is 1. The number of nitrogens with zero attached hydrogens (tertiary/aromatic N) is 3. The number of sulfonamides is 1. The van der Waals surface area contributed by atoms with Crippen LogP contribution in [0, 0.1) is 0 Å². The summed E-state index contributed by atoms with van der Waals surface area (Å²) in [6, 6.07) is 4.55. The molecule has 1 aromatic carbocycles. The molecule has 2 aromatic rings. The summed E-state index contributed by atoms with van der Waals surface area (Å²) >= 11 is 0. The maximum absolute atomic E-state index is 12.7. The zero-order valence-corrected chi connectivity index (χ0v) is 16.6. The third kappa shape index (κ3) is 3.68. The summed E-state index contributed by atoms with van der Waals surface area (Å²) in [6.45, 7) is 5.94. The van der Waals surface area contributed by atoms with Crippen LogP contribution >= 0.6 is 0 Å². The molecule has 0 aliphatic heterocycles. The zero-order chi connectivity index (χ0) is 19.6. The molecule has 26 heavy (non-hydrogen) atoms. The SMILES string of the molecule is CC[C@H](C)NC(=O)Cn1c(=O)n(CC)c2ccc(S(=O)(=O)N(C)C)cc21. The predicted octanol–water partition coefficient (Wildman–Crippen LogP) is 0.988. The molecule has 1 aromatic heterocycles. The fraction of sp³-hybridized carbons (Fsp3) is 0.529. The second kappa shape index (κ2) is 7.63. The van der Waals surface area contributed by atoms with Gasteiger partial charge in [-0.2, -0.15) is 0 Å². The number of carbonyl (C=O) groups excluding carboxylic acids is 1. The Balaban J connectivity index is 2.60. The van der Waals surface area contributed by atoms with Crippen LogP contribution in [0.2, 0.25) is 0 Å². The molecule has 0 bridgehead atoms. The minimum atomic E-state index is -3.64. The van der Waals surface area contributed by atoms with Gasteiger partial charge in [0.05, 0.1) is 15.9 Å². The average Bonchev–Trinajstić information content (AvgIpc) is 2.85. The van der Waals surface area contributed by atoms with Crippen LogP contribution in [0.3, 0.4) is 0 Å². The van der Waals surface area contributed by atoms with Crippen molar-refractivity contribution in [2.75, 3.05) is 14.1 Å². The molecule has 0 unspecified atom stereocenters. The number of nitrogens with one attached hydrogen (secondary N) is 1. The summed E-state index contributed by atoms with van der Waals surface area (Å²) in [7, 11) is -0.743. The normalized spacial score (nSPS) is 13.3. The van der Waals surface area contributed by atoms with Gasteiger partial charge >= 0.3 is 5.69 Å². The second-order valence-electron chi connectivity index (χ2n) is 6.43. The van der Waals surface area contributed by atoms with E-state index < -0.39 is 10.0 Å². The van der Waals surface area contributed by atoms with Gasteiger partial charge in [0.25, 0.3) is 0 Å². The van der Waals surface area contributed by atoms with E-state index in [2.05, 4.69) is 5.32 Å². The Morgan fingerprint density at radius 3 is 2.38 bits per heavy atom. The van der Waals surface area contributed by atoms with Gasteiger partial charge < -0.3 is 5.32 Å². The van der Waals surface area contributed by atoms with E-state index in [9.17, 15) is 18.0 Å². The van der Waals surface area contributed by atoms with Gasteiger partial charge in [0.15, 0.2) is 0 Å². The largest absolute Gasteiger partial charge is 0.352 e. The van der Waals surface area contributed by atoms with Crippen LogP contribution in [-0.4, -0.2) is 47.9 Å². The first-order valence-electron chi connectivity index (χ1n) is 8.58. The highest BCUT2D eigenvalue weighted by Crippen LogP contribution is 2.20. The van der Waals surface area contributed by atoms with Crippen molar-refractivity contribution in [3.05, 3.63) is 28.7 Å². The molecule has 1 heterocycles. The number of rotatable bonds is 7. The van der Waals surface area contributed by atoms with Crippen molar-refractivity contribution in [1.82, 2.24) is 18.8 Å². The van der Waals surface area contributed by atoms with Crippen molar-refractivity contribution in [3.8, 4) is 0 Å². The Bertz CT molecular complexity index is 973. The summed E-state index contributed by atoms with van der Waals surface area (Å²) in [5.41, 5.74) is 0.701. The van der Waals surface area contributed by atoms with Gasteiger partial charge in [0.2, 0.25) is 15.9 Å². The van der Waals surface area contributed by atoms with E-state index >= 15 is 0 Å². The molecule has 9 heteroatoms. The molecule has 0 saturated carbocycles. The van der Waals surface area contributed by atoms with E-state index in [1.165, 1.54) is 35.4 Å². The predicted molar refractivity (Wildman–Crippen MR) is 101 cm³/mol. The fourth-order valence-electron chi connectivity index (χ4n) is 2.70. The van der Waals surface area contributed by atoms with E-state index in [-0.39, 0.29) is 29.1 Å². The van der Waals surface area contributed by atoms with E-state index in [0.717, 1.165) is 10.7 Å². The third-order valence-electron chi connectivity index (χ3n) is 4.41. The lowest BCUT2D eigenvalue weighted by atomic mass is 10.2. The van der Waals surface area contributed by atoms with E-state index in [0.29, 0.717) is 17.6 Å². The number of aryl methyl sites for hydroxylation is 1. The van der Waals surface area contributed by atoms with Crippen LogP contribution in [0.25, 0.3) is 11.0 Å². The Morgan fingerprint density at radius 2 is 1.85 bits per heavy atom. The lowest BCUT2D eigenvalue weighted by Crippen LogP contribution is -2.37. The van der Waals surface area contributed by atoms with Crippen LogP contribution in [0.4, 0.5) is 0 Å². The molecule has 1 N–H and O–H groups in total. The number of carbonyl (C=O) groups is 1. The number of imidazole rings is 1. The van der Waals surface area contributed by atoms with Gasteiger partial charge in [-0.3, -0.25) is 13.9 Å². The molecule has 0 saturated heterocycles. The van der Waals surface area contributed by atoms with Crippen molar-refractivity contribution >= 4 is 27.0 Å². The van der Waals surface area contributed by atoms with Gasteiger partial charge in [0, 0.05) is 26.7 Å². The van der Waals surface area contributed by atoms with E-state index in [1.807, 2.05) is 20.8 Å².